The first kappa shape index (κ1) is 14.7. The van der Waals surface area contributed by atoms with Crippen LogP contribution in [0.2, 0.25) is 0 Å². The molecule has 1 aliphatic rings. The molecule has 19 heavy (non-hydrogen) atoms. The standard InChI is InChI=1S/C16H25NOS/c1-4-17-15(16(3)11-6-12-19-16)13-7-9-14(10-8-13)18-5-2/h7-10,15,17H,4-6,11-12H2,1-3H3. The smallest absolute Gasteiger partial charge is 0.119 e. The Labute approximate surface area is 121 Å². The van der Waals surface area contributed by atoms with Crippen LogP contribution in [0.25, 0.3) is 0 Å². The number of nitrogens with one attached hydrogen (secondary N) is 1. The number of benzene rings is 1. The van der Waals surface area contributed by atoms with Crippen molar-refractivity contribution in [3.8, 4) is 5.75 Å². The number of hydrogen-bond donors (Lipinski definition) is 1. The summed E-state index contributed by atoms with van der Waals surface area (Å²) in [5.74, 6) is 2.25. The van der Waals surface area contributed by atoms with Crippen molar-refractivity contribution in [2.24, 2.45) is 0 Å². The minimum absolute atomic E-state index is 0.323. The van der Waals surface area contributed by atoms with Gasteiger partial charge in [0, 0.05) is 10.8 Å². The van der Waals surface area contributed by atoms with Crippen molar-refractivity contribution in [2.45, 2.75) is 44.4 Å². The van der Waals surface area contributed by atoms with Gasteiger partial charge >= 0.3 is 0 Å². The van der Waals surface area contributed by atoms with Crippen molar-refractivity contribution in [2.75, 3.05) is 18.9 Å². The first-order valence-electron chi connectivity index (χ1n) is 7.29. The molecule has 1 fully saturated rings. The van der Waals surface area contributed by atoms with Crippen LogP contribution in [-0.2, 0) is 0 Å². The number of ether oxygens (including phenoxy) is 1. The van der Waals surface area contributed by atoms with E-state index in [4.69, 9.17) is 4.74 Å². The summed E-state index contributed by atoms with van der Waals surface area (Å²) < 4.78 is 5.85. The maximum Gasteiger partial charge on any atom is 0.119 e. The Morgan fingerprint density at radius 2 is 2.05 bits per heavy atom. The summed E-state index contributed by atoms with van der Waals surface area (Å²) in [5.41, 5.74) is 1.38. The zero-order valence-corrected chi connectivity index (χ0v) is 13.1. The lowest BCUT2D eigenvalue weighted by Crippen LogP contribution is -2.37. The molecule has 0 aromatic heterocycles. The van der Waals surface area contributed by atoms with Crippen LogP contribution in [0, 0.1) is 0 Å². The summed E-state index contributed by atoms with van der Waals surface area (Å²) in [5, 5.41) is 3.67. The van der Waals surface area contributed by atoms with E-state index >= 15 is 0 Å². The maximum atomic E-state index is 5.53. The average Bonchev–Trinajstić information content (AvgIpc) is 2.85. The highest BCUT2D eigenvalue weighted by molar-refractivity contribution is 8.00. The Hall–Kier alpha value is -0.670. The summed E-state index contributed by atoms with van der Waals surface area (Å²) in [6.45, 7) is 8.34. The van der Waals surface area contributed by atoms with Gasteiger partial charge in [0.1, 0.15) is 5.75 Å². The van der Waals surface area contributed by atoms with Gasteiger partial charge in [-0.1, -0.05) is 19.1 Å². The van der Waals surface area contributed by atoms with Crippen molar-refractivity contribution in [3.63, 3.8) is 0 Å². The van der Waals surface area contributed by atoms with Crippen LogP contribution < -0.4 is 10.1 Å². The van der Waals surface area contributed by atoms with Crippen LogP contribution in [0.4, 0.5) is 0 Å². The molecule has 1 aliphatic heterocycles. The number of hydrogen-bond acceptors (Lipinski definition) is 3. The molecular formula is C16H25NOS. The van der Waals surface area contributed by atoms with Crippen LogP contribution in [0.1, 0.15) is 45.2 Å². The van der Waals surface area contributed by atoms with Crippen LogP contribution >= 0.6 is 11.8 Å². The van der Waals surface area contributed by atoms with E-state index in [1.165, 1.54) is 24.2 Å². The highest BCUT2D eigenvalue weighted by Crippen LogP contribution is 2.46. The molecule has 0 aliphatic carbocycles. The molecule has 0 amide bonds. The van der Waals surface area contributed by atoms with Gasteiger partial charge in [0.05, 0.1) is 6.61 Å². The third-order valence-corrected chi connectivity index (χ3v) is 5.38. The second kappa shape index (κ2) is 6.67. The molecule has 2 unspecified atom stereocenters. The Balaban J connectivity index is 2.18. The highest BCUT2D eigenvalue weighted by Gasteiger charge is 2.38. The van der Waals surface area contributed by atoms with Crippen molar-refractivity contribution < 1.29 is 4.74 Å². The minimum Gasteiger partial charge on any atom is -0.494 e. The van der Waals surface area contributed by atoms with Crippen molar-refractivity contribution in [1.82, 2.24) is 5.32 Å². The fourth-order valence-electron chi connectivity index (χ4n) is 2.84. The summed E-state index contributed by atoms with van der Waals surface area (Å²) in [6, 6.07) is 9.03. The van der Waals surface area contributed by atoms with Gasteiger partial charge in [-0.05, 0) is 56.7 Å². The summed E-state index contributed by atoms with van der Waals surface area (Å²) in [7, 11) is 0. The molecule has 1 N–H and O–H groups in total. The average molecular weight is 279 g/mol. The lowest BCUT2D eigenvalue weighted by atomic mass is 9.90. The summed E-state index contributed by atoms with van der Waals surface area (Å²) in [6.07, 6.45) is 2.63. The maximum absolute atomic E-state index is 5.53. The molecule has 1 aromatic carbocycles. The largest absolute Gasteiger partial charge is 0.494 e. The molecule has 0 bridgehead atoms. The number of thioether (sulfide) groups is 1. The van der Waals surface area contributed by atoms with Crippen molar-refractivity contribution in [1.29, 1.82) is 0 Å². The van der Waals surface area contributed by atoms with E-state index < -0.39 is 0 Å². The lowest BCUT2D eigenvalue weighted by Gasteiger charge is -2.34. The van der Waals surface area contributed by atoms with Gasteiger partial charge in [0.15, 0.2) is 0 Å². The molecule has 2 atom stereocenters. The molecule has 1 aromatic rings. The Morgan fingerprint density at radius 3 is 2.58 bits per heavy atom. The van der Waals surface area contributed by atoms with Gasteiger partial charge in [0.2, 0.25) is 0 Å². The second-order valence-electron chi connectivity index (χ2n) is 5.26. The van der Waals surface area contributed by atoms with Gasteiger partial charge < -0.3 is 10.1 Å². The molecule has 0 saturated carbocycles. The molecule has 0 radical (unpaired) electrons. The van der Waals surface area contributed by atoms with E-state index in [1.807, 2.05) is 6.92 Å². The van der Waals surface area contributed by atoms with E-state index in [0.29, 0.717) is 10.8 Å². The molecular weight excluding hydrogens is 254 g/mol. The monoisotopic (exact) mass is 279 g/mol. The highest BCUT2D eigenvalue weighted by atomic mass is 32.2. The second-order valence-corrected chi connectivity index (χ2v) is 6.89. The predicted molar refractivity (Wildman–Crippen MR) is 84.1 cm³/mol. The fraction of sp³-hybridized carbons (Fsp3) is 0.625. The molecule has 1 heterocycles. The molecule has 1 saturated heterocycles. The Bertz CT molecular complexity index is 384. The van der Waals surface area contributed by atoms with E-state index in [9.17, 15) is 0 Å². The van der Waals surface area contributed by atoms with E-state index in [0.717, 1.165) is 18.9 Å². The fourth-order valence-corrected chi connectivity index (χ4v) is 4.27. The normalized spacial score (nSPS) is 24.4. The van der Waals surface area contributed by atoms with Crippen LogP contribution in [0.15, 0.2) is 24.3 Å². The predicted octanol–water partition coefficient (Wildman–Crippen LogP) is 4.02. The van der Waals surface area contributed by atoms with Crippen LogP contribution in [0.5, 0.6) is 5.75 Å². The van der Waals surface area contributed by atoms with Gasteiger partial charge in [0.25, 0.3) is 0 Å². The molecule has 2 rings (SSSR count). The zero-order chi connectivity index (χ0) is 13.7. The molecule has 106 valence electrons. The third-order valence-electron chi connectivity index (χ3n) is 3.79. The van der Waals surface area contributed by atoms with Gasteiger partial charge in [-0.2, -0.15) is 11.8 Å². The number of rotatable bonds is 6. The Morgan fingerprint density at radius 1 is 1.32 bits per heavy atom. The quantitative estimate of drug-likeness (QED) is 0.849. The van der Waals surface area contributed by atoms with Crippen molar-refractivity contribution >= 4 is 11.8 Å². The van der Waals surface area contributed by atoms with Crippen molar-refractivity contribution in [3.05, 3.63) is 29.8 Å². The van der Waals surface area contributed by atoms with Gasteiger partial charge in [-0.15, -0.1) is 0 Å². The van der Waals surface area contributed by atoms with Crippen LogP contribution in [0.3, 0.4) is 0 Å². The van der Waals surface area contributed by atoms with E-state index in [2.05, 4.69) is 55.2 Å². The first-order valence-corrected chi connectivity index (χ1v) is 8.28. The summed E-state index contributed by atoms with van der Waals surface area (Å²) in [4.78, 5) is 0. The minimum atomic E-state index is 0.323. The molecule has 0 spiro atoms. The molecule has 3 heteroatoms. The zero-order valence-electron chi connectivity index (χ0n) is 12.2. The Kier molecular flexibility index (Phi) is 5.17. The van der Waals surface area contributed by atoms with E-state index in [1.54, 1.807) is 0 Å². The third kappa shape index (κ3) is 3.46. The topological polar surface area (TPSA) is 21.3 Å². The van der Waals surface area contributed by atoms with Gasteiger partial charge in [-0.25, -0.2) is 0 Å². The molecule has 2 nitrogen and oxygen atoms in total. The first-order chi connectivity index (χ1) is 9.19. The lowest BCUT2D eigenvalue weighted by molar-refractivity contribution is 0.339. The van der Waals surface area contributed by atoms with E-state index in [-0.39, 0.29) is 0 Å². The van der Waals surface area contributed by atoms with Crippen LogP contribution in [-0.4, -0.2) is 23.7 Å². The van der Waals surface area contributed by atoms with Gasteiger partial charge in [-0.3, -0.25) is 0 Å². The SMILES string of the molecule is CCNC(c1ccc(OCC)cc1)C1(C)CCCS1. The summed E-state index contributed by atoms with van der Waals surface area (Å²) >= 11 is 2.11.